The molecule has 28 heavy (non-hydrogen) atoms. The number of hydrogen-bond donors (Lipinski definition) is 1. The minimum atomic E-state index is 0.427. The first kappa shape index (κ1) is 19.7. The second-order valence-corrected chi connectivity index (χ2v) is 6.27. The normalized spacial score (nSPS) is 10.5. The quantitative estimate of drug-likeness (QED) is 0.568. The summed E-state index contributed by atoms with van der Waals surface area (Å²) < 4.78 is 16.9. The standard InChI is InChI=1S/C23H26N2O3/c1-3-27-22-9-6-7-18(13-22)15-24-16-19-14-21(26-2)10-11-23(19)28-17-20-8-4-5-12-25-20/h4-14,24H,3,15-17H2,1-2H3. The predicted molar refractivity (Wildman–Crippen MR) is 110 cm³/mol. The number of aromatic nitrogens is 1. The van der Waals surface area contributed by atoms with Crippen molar-refractivity contribution in [2.24, 2.45) is 0 Å². The number of nitrogens with one attached hydrogen (secondary N) is 1. The lowest BCUT2D eigenvalue weighted by molar-refractivity contribution is 0.296. The van der Waals surface area contributed by atoms with E-state index >= 15 is 0 Å². The zero-order valence-electron chi connectivity index (χ0n) is 16.4. The predicted octanol–water partition coefficient (Wildman–Crippen LogP) is 4.36. The Morgan fingerprint density at radius 3 is 2.61 bits per heavy atom. The Bertz CT molecular complexity index is 869. The van der Waals surface area contributed by atoms with E-state index in [1.165, 1.54) is 5.56 Å². The fourth-order valence-electron chi connectivity index (χ4n) is 2.85. The van der Waals surface area contributed by atoms with Gasteiger partial charge in [-0.3, -0.25) is 4.98 Å². The molecule has 3 aromatic rings. The van der Waals surface area contributed by atoms with Crippen LogP contribution in [0.15, 0.2) is 66.9 Å². The monoisotopic (exact) mass is 378 g/mol. The molecule has 0 atom stereocenters. The van der Waals surface area contributed by atoms with E-state index in [0.717, 1.165) is 35.1 Å². The number of pyridine rings is 1. The zero-order chi connectivity index (χ0) is 19.6. The van der Waals surface area contributed by atoms with Crippen LogP contribution in [0.2, 0.25) is 0 Å². The first-order valence-corrected chi connectivity index (χ1v) is 9.40. The van der Waals surface area contributed by atoms with Crippen LogP contribution in [0.25, 0.3) is 0 Å². The van der Waals surface area contributed by atoms with Crippen LogP contribution in [-0.4, -0.2) is 18.7 Å². The second-order valence-electron chi connectivity index (χ2n) is 6.27. The zero-order valence-corrected chi connectivity index (χ0v) is 16.4. The average molecular weight is 378 g/mol. The summed E-state index contributed by atoms with van der Waals surface area (Å²) in [5, 5.41) is 3.47. The molecule has 0 unspecified atom stereocenters. The number of hydrogen-bond acceptors (Lipinski definition) is 5. The van der Waals surface area contributed by atoms with E-state index in [1.54, 1.807) is 13.3 Å². The fraction of sp³-hybridized carbons (Fsp3) is 0.261. The Labute approximate surface area is 166 Å². The van der Waals surface area contributed by atoms with Crippen molar-refractivity contribution in [3.63, 3.8) is 0 Å². The summed E-state index contributed by atoms with van der Waals surface area (Å²) in [5.41, 5.74) is 3.10. The lowest BCUT2D eigenvalue weighted by atomic mass is 10.1. The first-order valence-electron chi connectivity index (χ1n) is 9.40. The molecule has 0 fully saturated rings. The van der Waals surface area contributed by atoms with Gasteiger partial charge in [-0.25, -0.2) is 0 Å². The molecule has 0 bridgehead atoms. The van der Waals surface area contributed by atoms with Gasteiger partial charge in [0.05, 0.1) is 19.4 Å². The molecule has 3 rings (SSSR count). The Kier molecular flexibility index (Phi) is 7.27. The highest BCUT2D eigenvalue weighted by atomic mass is 16.5. The molecule has 0 saturated heterocycles. The molecule has 0 aliphatic heterocycles. The van der Waals surface area contributed by atoms with E-state index in [2.05, 4.69) is 22.4 Å². The maximum absolute atomic E-state index is 6.00. The van der Waals surface area contributed by atoms with Gasteiger partial charge in [0.2, 0.25) is 0 Å². The van der Waals surface area contributed by atoms with Gasteiger partial charge in [0.25, 0.3) is 0 Å². The van der Waals surface area contributed by atoms with Crippen molar-refractivity contribution in [1.82, 2.24) is 10.3 Å². The summed E-state index contributed by atoms with van der Waals surface area (Å²) in [6.45, 7) is 4.47. The van der Waals surface area contributed by atoms with Crippen molar-refractivity contribution < 1.29 is 14.2 Å². The summed E-state index contributed by atoms with van der Waals surface area (Å²) in [6, 6.07) is 19.8. The molecule has 146 valence electrons. The Morgan fingerprint density at radius 1 is 0.893 bits per heavy atom. The molecule has 0 aliphatic carbocycles. The van der Waals surface area contributed by atoms with Gasteiger partial charge in [0.15, 0.2) is 0 Å². The van der Waals surface area contributed by atoms with Gasteiger partial charge < -0.3 is 19.5 Å². The van der Waals surface area contributed by atoms with Crippen molar-refractivity contribution in [2.45, 2.75) is 26.6 Å². The lowest BCUT2D eigenvalue weighted by Gasteiger charge is -2.14. The molecule has 0 aliphatic rings. The van der Waals surface area contributed by atoms with E-state index in [1.807, 2.05) is 55.5 Å². The minimum absolute atomic E-state index is 0.427. The van der Waals surface area contributed by atoms with Crippen LogP contribution in [0, 0.1) is 0 Å². The highest BCUT2D eigenvalue weighted by molar-refractivity contribution is 5.40. The molecule has 5 nitrogen and oxygen atoms in total. The van der Waals surface area contributed by atoms with Crippen LogP contribution < -0.4 is 19.5 Å². The third kappa shape index (κ3) is 5.72. The fourth-order valence-corrected chi connectivity index (χ4v) is 2.85. The molecular formula is C23H26N2O3. The highest BCUT2D eigenvalue weighted by Crippen LogP contribution is 2.25. The molecule has 0 spiro atoms. The van der Waals surface area contributed by atoms with Gasteiger partial charge in [0, 0.05) is 24.8 Å². The van der Waals surface area contributed by atoms with Crippen LogP contribution in [0.3, 0.4) is 0 Å². The van der Waals surface area contributed by atoms with Gasteiger partial charge in [0.1, 0.15) is 23.9 Å². The number of benzene rings is 2. The van der Waals surface area contributed by atoms with Gasteiger partial charge >= 0.3 is 0 Å². The van der Waals surface area contributed by atoms with Gasteiger partial charge in [-0.1, -0.05) is 18.2 Å². The smallest absolute Gasteiger partial charge is 0.130 e. The second kappa shape index (κ2) is 10.3. The molecular weight excluding hydrogens is 352 g/mol. The molecule has 5 heteroatoms. The minimum Gasteiger partial charge on any atom is -0.497 e. The van der Waals surface area contributed by atoms with Gasteiger partial charge in [-0.15, -0.1) is 0 Å². The number of rotatable bonds is 10. The number of ether oxygens (including phenoxy) is 3. The van der Waals surface area contributed by atoms with Crippen molar-refractivity contribution in [3.05, 3.63) is 83.7 Å². The SMILES string of the molecule is CCOc1cccc(CNCc2cc(OC)ccc2OCc2ccccn2)c1. The Morgan fingerprint density at radius 2 is 1.82 bits per heavy atom. The van der Waals surface area contributed by atoms with Crippen molar-refractivity contribution in [3.8, 4) is 17.2 Å². The third-order valence-corrected chi connectivity index (χ3v) is 4.22. The topological polar surface area (TPSA) is 52.6 Å². The lowest BCUT2D eigenvalue weighted by Crippen LogP contribution is -2.14. The largest absolute Gasteiger partial charge is 0.497 e. The first-order chi connectivity index (χ1) is 13.8. The van der Waals surface area contributed by atoms with Crippen LogP contribution in [0.5, 0.6) is 17.2 Å². The van der Waals surface area contributed by atoms with Crippen molar-refractivity contribution >= 4 is 0 Å². The number of methoxy groups -OCH3 is 1. The Balaban J connectivity index is 1.63. The maximum Gasteiger partial charge on any atom is 0.130 e. The van der Waals surface area contributed by atoms with Crippen LogP contribution in [0.1, 0.15) is 23.7 Å². The molecule has 1 N–H and O–H groups in total. The molecule has 0 saturated carbocycles. The molecule has 2 aromatic carbocycles. The Hall–Kier alpha value is -3.05. The maximum atomic E-state index is 6.00. The van der Waals surface area contributed by atoms with Crippen LogP contribution in [-0.2, 0) is 19.7 Å². The van der Waals surface area contributed by atoms with E-state index in [9.17, 15) is 0 Å². The number of nitrogens with zero attached hydrogens (tertiary/aromatic N) is 1. The van der Waals surface area contributed by atoms with E-state index in [-0.39, 0.29) is 0 Å². The van der Waals surface area contributed by atoms with Crippen molar-refractivity contribution in [1.29, 1.82) is 0 Å². The van der Waals surface area contributed by atoms with Crippen LogP contribution in [0.4, 0.5) is 0 Å². The van der Waals surface area contributed by atoms with E-state index in [0.29, 0.717) is 19.8 Å². The van der Waals surface area contributed by atoms with Crippen LogP contribution >= 0.6 is 0 Å². The van der Waals surface area contributed by atoms with Gasteiger partial charge in [-0.2, -0.15) is 0 Å². The summed E-state index contributed by atoms with van der Waals surface area (Å²) >= 11 is 0. The average Bonchev–Trinajstić information content (AvgIpc) is 2.74. The summed E-state index contributed by atoms with van der Waals surface area (Å²) in [6.07, 6.45) is 1.77. The highest BCUT2D eigenvalue weighted by Gasteiger charge is 2.07. The molecule has 1 aromatic heterocycles. The molecule has 0 amide bonds. The molecule has 1 heterocycles. The summed E-state index contributed by atoms with van der Waals surface area (Å²) in [5.74, 6) is 2.52. The third-order valence-electron chi connectivity index (χ3n) is 4.22. The summed E-state index contributed by atoms with van der Waals surface area (Å²) in [7, 11) is 1.67. The van der Waals surface area contributed by atoms with Crippen molar-refractivity contribution in [2.75, 3.05) is 13.7 Å². The van der Waals surface area contributed by atoms with E-state index < -0.39 is 0 Å². The summed E-state index contributed by atoms with van der Waals surface area (Å²) in [4.78, 5) is 4.31. The van der Waals surface area contributed by atoms with E-state index in [4.69, 9.17) is 14.2 Å². The van der Waals surface area contributed by atoms with Gasteiger partial charge in [-0.05, 0) is 55.0 Å². The molecule has 0 radical (unpaired) electrons.